The molecule has 1 aliphatic rings. The molecule has 12 rings (SSSR count). The lowest BCUT2D eigenvalue weighted by Gasteiger charge is -2.19. The van der Waals surface area contributed by atoms with E-state index in [0.29, 0.717) is 17.6 Å². The lowest BCUT2D eigenvalue weighted by atomic mass is 9.98. The van der Waals surface area contributed by atoms with Gasteiger partial charge in [0.15, 0.2) is 11.6 Å². The van der Waals surface area contributed by atoms with E-state index >= 15 is 0 Å². The summed E-state index contributed by atoms with van der Waals surface area (Å²) in [6.45, 7) is 0. The summed E-state index contributed by atoms with van der Waals surface area (Å²) in [5.74, 6) is 2.68. The summed E-state index contributed by atoms with van der Waals surface area (Å²) in [7, 11) is 0. The number of nitrogens with zero attached hydrogens (tertiary/aromatic N) is 6. The van der Waals surface area contributed by atoms with Crippen molar-refractivity contribution in [3.8, 4) is 51.2 Å². The second-order valence-electron chi connectivity index (χ2n) is 16.2. The molecule has 3 heterocycles. The van der Waals surface area contributed by atoms with E-state index in [0.717, 1.165) is 94.4 Å². The average Bonchev–Trinajstić information content (AvgIpc) is 3.78. The molecule has 0 amide bonds. The van der Waals surface area contributed by atoms with Gasteiger partial charge in [-0.3, -0.25) is 4.57 Å². The van der Waals surface area contributed by atoms with Crippen LogP contribution in [0.25, 0.3) is 106 Å². The molecule has 1 atom stereocenters. The van der Waals surface area contributed by atoms with Crippen molar-refractivity contribution >= 4 is 54.4 Å². The third kappa shape index (κ3) is 6.52. The second kappa shape index (κ2) is 15.8. The van der Waals surface area contributed by atoms with Crippen molar-refractivity contribution < 1.29 is 0 Å². The molecule has 302 valence electrons. The van der Waals surface area contributed by atoms with Crippen molar-refractivity contribution in [3.05, 3.63) is 224 Å². The summed E-state index contributed by atoms with van der Waals surface area (Å²) in [6, 6.07) is 70.7. The van der Waals surface area contributed by atoms with Crippen LogP contribution in [0.15, 0.2) is 224 Å². The monoisotopic (exact) mass is 820 g/mol. The number of aromatic nitrogens is 6. The van der Waals surface area contributed by atoms with Crippen LogP contribution in [0.5, 0.6) is 0 Å². The molecule has 64 heavy (non-hydrogen) atoms. The minimum absolute atomic E-state index is 0.171. The number of benzene rings is 8. The average molecular weight is 821 g/mol. The Labute approximate surface area is 370 Å². The molecule has 6 nitrogen and oxygen atoms in total. The van der Waals surface area contributed by atoms with E-state index in [2.05, 4.69) is 197 Å². The third-order valence-electron chi connectivity index (χ3n) is 12.3. The predicted molar refractivity (Wildman–Crippen MR) is 264 cm³/mol. The molecule has 8 aromatic carbocycles. The Hall–Kier alpha value is -8.48. The van der Waals surface area contributed by atoms with Crippen molar-refractivity contribution in [2.45, 2.75) is 12.5 Å². The highest BCUT2D eigenvalue weighted by Crippen LogP contribution is 2.38. The topological polar surface area (TPSA) is 61.4 Å². The van der Waals surface area contributed by atoms with Crippen LogP contribution in [0.3, 0.4) is 0 Å². The quantitative estimate of drug-likeness (QED) is 0.168. The highest BCUT2D eigenvalue weighted by Gasteiger charge is 2.21. The van der Waals surface area contributed by atoms with Crippen LogP contribution in [0.2, 0.25) is 0 Å². The first-order valence-electron chi connectivity index (χ1n) is 21.8. The molecule has 0 saturated heterocycles. The number of fused-ring (bicyclic) bond motifs is 8. The molecule has 3 aromatic heterocycles. The number of hydrogen-bond donors (Lipinski definition) is 0. The number of hydrogen-bond acceptors (Lipinski definition) is 4. The first-order valence-corrected chi connectivity index (χ1v) is 21.8. The van der Waals surface area contributed by atoms with Gasteiger partial charge < -0.3 is 4.57 Å². The lowest BCUT2D eigenvalue weighted by molar-refractivity contribution is 0.631. The van der Waals surface area contributed by atoms with Crippen LogP contribution in [0, 0.1) is 0 Å². The number of para-hydroxylation sites is 3. The summed E-state index contributed by atoms with van der Waals surface area (Å²) in [5.41, 5.74) is 9.12. The van der Waals surface area contributed by atoms with Crippen LogP contribution >= 0.6 is 0 Å². The van der Waals surface area contributed by atoms with E-state index in [1.54, 1.807) is 0 Å². The molecule has 0 radical (unpaired) electrons. The molecule has 0 N–H and O–H groups in total. The van der Waals surface area contributed by atoms with Gasteiger partial charge in [-0.1, -0.05) is 188 Å². The maximum Gasteiger partial charge on any atom is 0.238 e. The van der Waals surface area contributed by atoms with Gasteiger partial charge in [0.25, 0.3) is 0 Å². The van der Waals surface area contributed by atoms with Crippen LogP contribution in [-0.2, 0) is 0 Å². The van der Waals surface area contributed by atoms with Crippen LogP contribution in [-0.4, -0.2) is 29.1 Å². The Balaban J connectivity index is 1.17. The smallest absolute Gasteiger partial charge is 0.238 e. The van der Waals surface area contributed by atoms with Gasteiger partial charge in [0, 0.05) is 27.5 Å². The normalized spacial score (nSPS) is 13.6. The van der Waals surface area contributed by atoms with Gasteiger partial charge in [0.05, 0.1) is 28.1 Å². The molecule has 0 spiro atoms. The molecule has 0 fully saturated rings. The molecular formula is C58H40N6. The van der Waals surface area contributed by atoms with Crippen molar-refractivity contribution in [2.75, 3.05) is 0 Å². The van der Waals surface area contributed by atoms with Crippen molar-refractivity contribution in [1.29, 1.82) is 0 Å². The van der Waals surface area contributed by atoms with Gasteiger partial charge in [0.2, 0.25) is 5.95 Å². The number of imidazole rings is 1. The summed E-state index contributed by atoms with van der Waals surface area (Å²) in [6.07, 6.45) is 9.69. The summed E-state index contributed by atoms with van der Waals surface area (Å²) in [5, 5.41) is 6.67. The fourth-order valence-electron chi connectivity index (χ4n) is 9.35. The van der Waals surface area contributed by atoms with E-state index in [9.17, 15) is 0 Å². The fraction of sp³-hybridized carbons (Fsp3) is 0.0345. The van der Waals surface area contributed by atoms with E-state index in [4.69, 9.17) is 19.9 Å². The standard InChI is InChI=1S/C58H40N6/c1-4-19-39(20-5-1)55-60-56(40-21-6-2-7-22-40)62-58(61-55)64-52-33-16-14-31-49(52)47-29-12-10-27-45(47)46-28-11-13-30-48(46)50-38-42(35-36-53(50)64)41-23-18-24-43(37-41)57-59-51-32-15-17-34-54(51)63(57)44-25-8-3-9-26-44/h1-25,27-38,44H,26H2. The van der Waals surface area contributed by atoms with Gasteiger partial charge in [-0.25, -0.2) is 9.97 Å². The van der Waals surface area contributed by atoms with Crippen LogP contribution < -0.4 is 0 Å². The number of rotatable bonds is 6. The first kappa shape index (κ1) is 37.3. The van der Waals surface area contributed by atoms with Gasteiger partial charge in [0.1, 0.15) is 5.82 Å². The zero-order valence-corrected chi connectivity index (χ0v) is 34.8. The van der Waals surface area contributed by atoms with Gasteiger partial charge in [-0.05, 0) is 75.5 Å². The van der Waals surface area contributed by atoms with Gasteiger partial charge >= 0.3 is 0 Å². The third-order valence-corrected chi connectivity index (χ3v) is 12.3. The van der Waals surface area contributed by atoms with Gasteiger partial charge in [-0.15, -0.1) is 0 Å². The molecule has 0 aliphatic heterocycles. The minimum atomic E-state index is 0.171. The zero-order chi connectivity index (χ0) is 42.4. The fourth-order valence-corrected chi connectivity index (χ4v) is 9.35. The Kier molecular flexibility index (Phi) is 9.19. The Morgan fingerprint density at radius 1 is 0.375 bits per heavy atom. The molecule has 0 bridgehead atoms. The molecule has 11 aromatic rings. The van der Waals surface area contributed by atoms with Crippen molar-refractivity contribution in [2.24, 2.45) is 0 Å². The van der Waals surface area contributed by atoms with Crippen LogP contribution in [0.1, 0.15) is 12.5 Å². The Bertz CT molecular complexity index is 3650. The second-order valence-corrected chi connectivity index (χ2v) is 16.2. The molecule has 0 saturated carbocycles. The largest absolute Gasteiger partial charge is 0.317 e. The van der Waals surface area contributed by atoms with E-state index in [-0.39, 0.29) is 6.04 Å². The Morgan fingerprint density at radius 2 is 0.906 bits per heavy atom. The molecule has 6 heteroatoms. The summed E-state index contributed by atoms with van der Waals surface area (Å²) >= 11 is 0. The highest BCUT2D eigenvalue weighted by molar-refractivity contribution is 6.19. The molecule has 1 aliphatic carbocycles. The van der Waals surface area contributed by atoms with Gasteiger partial charge in [-0.2, -0.15) is 9.97 Å². The van der Waals surface area contributed by atoms with E-state index in [1.807, 2.05) is 36.4 Å². The number of allylic oxidation sites excluding steroid dienone is 4. The van der Waals surface area contributed by atoms with Crippen molar-refractivity contribution in [1.82, 2.24) is 29.1 Å². The van der Waals surface area contributed by atoms with E-state index in [1.165, 1.54) is 0 Å². The van der Waals surface area contributed by atoms with E-state index < -0.39 is 0 Å². The summed E-state index contributed by atoms with van der Waals surface area (Å²) < 4.78 is 4.63. The lowest BCUT2D eigenvalue weighted by Crippen LogP contribution is -2.09. The summed E-state index contributed by atoms with van der Waals surface area (Å²) in [4.78, 5) is 21.0. The maximum atomic E-state index is 5.34. The highest BCUT2D eigenvalue weighted by atomic mass is 15.2. The maximum absolute atomic E-state index is 5.34. The minimum Gasteiger partial charge on any atom is -0.317 e. The zero-order valence-electron chi connectivity index (χ0n) is 34.8. The van der Waals surface area contributed by atoms with Crippen LogP contribution in [0.4, 0.5) is 0 Å². The molecular weight excluding hydrogens is 781 g/mol. The predicted octanol–water partition coefficient (Wildman–Crippen LogP) is 14.5. The first-order chi connectivity index (χ1) is 31.7. The van der Waals surface area contributed by atoms with Crippen molar-refractivity contribution in [3.63, 3.8) is 0 Å². The Morgan fingerprint density at radius 3 is 1.58 bits per heavy atom. The molecule has 1 unspecified atom stereocenters. The SMILES string of the molecule is C1=CCC(n2c(-c3cccc(-c4ccc5c(c4)c4ccccc4c4ccccc4c4ccccc4n5-c4nc(-c5ccccc5)nc(-c5ccccc5)n4)c3)nc3ccccc32)C=C1.